The highest BCUT2D eigenvalue weighted by Gasteiger charge is 2.26. The largest absolute Gasteiger partial charge is 0.339 e. The SMILES string of the molecule is O=c1c2cc3c4c(ccc5c(=O)c6cc7c(=O)n8c9ccccc9[nH]c8c8ccc1c(c6=c2c54)c78)c(=O)n1c2ccccc2[nH]c31. The number of aromatic nitrogens is 4. The van der Waals surface area contributed by atoms with Crippen molar-refractivity contribution >= 4 is 98.0 Å². The maximum absolute atomic E-state index is 14.6. The molecule has 6 aromatic carbocycles. The van der Waals surface area contributed by atoms with Gasteiger partial charge < -0.3 is 9.97 Å². The molecule has 0 saturated carbocycles. The van der Waals surface area contributed by atoms with Gasteiger partial charge in [-0.25, -0.2) is 0 Å². The molecule has 4 aromatic heterocycles. The number of rotatable bonds is 0. The van der Waals surface area contributed by atoms with Crippen molar-refractivity contribution in [2.24, 2.45) is 0 Å². The fourth-order valence-electron chi connectivity index (χ4n) is 8.60. The molecule has 2 aliphatic rings. The molecule has 2 N–H and O–H groups in total. The molecule has 46 heavy (non-hydrogen) atoms. The standard InChI is InChI=1S/C38H16N4O4/c43-33-15-9-11-17-27-22(38(46)41-25-7-3-1-5-23(25)39-35(17)41)14-20-32(29(15)27)31-19(33)13-21-28-18(12-10-16(30(28)31)34(20)44)37(45)42-26-8-4-2-6-24(26)40-36(21)42/h1-14,39-40H. The summed E-state index contributed by atoms with van der Waals surface area (Å²) in [7, 11) is 0. The van der Waals surface area contributed by atoms with Gasteiger partial charge in [0.1, 0.15) is 11.3 Å². The van der Waals surface area contributed by atoms with Crippen LogP contribution in [0.2, 0.25) is 0 Å². The van der Waals surface area contributed by atoms with Gasteiger partial charge in [0, 0.05) is 75.1 Å². The normalized spacial score (nSPS) is 13.1. The third kappa shape index (κ3) is 2.23. The Morgan fingerprint density at radius 3 is 1.48 bits per heavy atom. The molecule has 0 radical (unpaired) electrons. The van der Waals surface area contributed by atoms with E-state index in [1.165, 1.54) is 0 Å². The number of hydrogen-bond acceptors (Lipinski definition) is 4. The first-order valence-corrected chi connectivity index (χ1v) is 15.0. The van der Waals surface area contributed by atoms with Crippen LogP contribution in [0.3, 0.4) is 0 Å². The lowest BCUT2D eigenvalue weighted by Crippen LogP contribution is -2.18. The van der Waals surface area contributed by atoms with Gasteiger partial charge in [0.25, 0.3) is 11.1 Å². The molecule has 4 heterocycles. The van der Waals surface area contributed by atoms with Gasteiger partial charge in [0.15, 0.2) is 10.9 Å². The van der Waals surface area contributed by atoms with Crippen LogP contribution in [-0.2, 0) is 0 Å². The van der Waals surface area contributed by atoms with E-state index in [0.29, 0.717) is 81.0 Å². The third-order valence-electron chi connectivity index (χ3n) is 10.4. The van der Waals surface area contributed by atoms with E-state index >= 15 is 0 Å². The van der Waals surface area contributed by atoms with Gasteiger partial charge >= 0.3 is 0 Å². The van der Waals surface area contributed by atoms with Crippen molar-refractivity contribution in [1.82, 2.24) is 18.8 Å². The van der Waals surface area contributed by atoms with Crippen LogP contribution in [0, 0.1) is 10.4 Å². The summed E-state index contributed by atoms with van der Waals surface area (Å²) in [5.74, 6) is 0. The number of para-hydroxylation sites is 4. The molecule has 0 amide bonds. The molecule has 0 saturated heterocycles. The van der Waals surface area contributed by atoms with E-state index in [-0.39, 0.29) is 22.0 Å². The highest BCUT2D eigenvalue weighted by atomic mass is 16.1. The van der Waals surface area contributed by atoms with Crippen LogP contribution in [-0.4, -0.2) is 18.8 Å². The molecule has 8 heteroatoms. The van der Waals surface area contributed by atoms with Crippen molar-refractivity contribution in [3.05, 3.63) is 137 Å². The van der Waals surface area contributed by atoms with E-state index in [9.17, 15) is 19.2 Å². The molecule has 212 valence electrons. The van der Waals surface area contributed by atoms with Crippen molar-refractivity contribution in [2.45, 2.75) is 0 Å². The molecule has 0 aliphatic heterocycles. The highest BCUT2D eigenvalue weighted by Crippen LogP contribution is 2.40. The second kappa shape index (κ2) is 7.06. The predicted octanol–water partition coefficient (Wildman–Crippen LogP) is 5.99. The highest BCUT2D eigenvalue weighted by molar-refractivity contribution is 6.27. The molecule has 8 nitrogen and oxygen atoms in total. The Balaban J connectivity index is 1.46. The lowest BCUT2D eigenvalue weighted by Gasteiger charge is -2.17. The average molecular weight is 593 g/mol. The van der Waals surface area contributed by atoms with Gasteiger partial charge in [-0.05, 0) is 60.7 Å². The number of nitrogens with one attached hydrogen (secondary N) is 2. The number of hydrogen-bond donors (Lipinski definition) is 2. The summed E-state index contributed by atoms with van der Waals surface area (Å²) in [6, 6.07) is 25.9. The first-order valence-electron chi connectivity index (χ1n) is 15.0. The predicted molar refractivity (Wildman–Crippen MR) is 182 cm³/mol. The number of aromatic amines is 2. The topological polar surface area (TPSA) is 109 Å². The van der Waals surface area contributed by atoms with Crippen LogP contribution in [0.1, 0.15) is 0 Å². The van der Waals surface area contributed by atoms with Gasteiger partial charge in [0.05, 0.1) is 22.1 Å². The molecule has 0 fully saturated rings. The minimum Gasteiger partial charge on any atom is -0.339 e. The number of H-pyrrole nitrogens is 2. The van der Waals surface area contributed by atoms with Crippen LogP contribution in [0.4, 0.5) is 0 Å². The zero-order chi connectivity index (χ0) is 30.3. The van der Waals surface area contributed by atoms with Gasteiger partial charge in [-0.15, -0.1) is 0 Å². The van der Waals surface area contributed by atoms with E-state index in [2.05, 4.69) is 9.97 Å². The lowest BCUT2D eigenvalue weighted by molar-refractivity contribution is 1.19. The molecular formula is C38H16N4O4. The minimum absolute atomic E-state index is 0.178. The quantitative estimate of drug-likeness (QED) is 0.226. The van der Waals surface area contributed by atoms with Crippen LogP contribution in [0.5, 0.6) is 0 Å². The van der Waals surface area contributed by atoms with Crippen LogP contribution < -0.4 is 22.0 Å². The Morgan fingerprint density at radius 1 is 0.413 bits per heavy atom. The second-order valence-electron chi connectivity index (χ2n) is 12.4. The zero-order valence-corrected chi connectivity index (χ0v) is 23.6. The van der Waals surface area contributed by atoms with E-state index in [1.54, 1.807) is 27.0 Å². The van der Waals surface area contributed by atoms with Gasteiger partial charge in [0.2, 0.25) is 0 Å². The second-order valence-corrected chi connectivity index (χ2v) is 12.4. The maximum Gasteiger partial charge on any atom is 0.264 e. The summed E-state index contributed by atoms with van der Waals surface area (Å²) < 4.78 is 3.32. The first-order chi connectivity index (χ1) is 22.5. The Kier molecular flexibility index (Phi) is 3.52. The van der Waals surface area contributed by atoms with E-state index in [4.69, 9.17) is 0 Å². The van der Waals surface area contributed by atoms with Crippen molar-refractivity contribution in [3.8, 4) is 0 Å². The fraction of sp³-hybridized carbons (Fsp3) is 0. The van der Waals surface area contributed by atoms with Crippen molar-refractivity contribution in [2.75, 3.05) is 0 Å². The minimum atomic E-state index is -0.254. The molecule has 0 unspecified atom stereocenters. The smallest absolute Gasteiger partial charge is 0.264 e. The Labute approximate surface area is 252 Å². The monoisotopic (exact) mass is 592 g/mol. The number of imidazole rings is 2. The molecule has 0 bridgehead atoms. The molecule has 2 aliphatic carbocycles. The van der Waals surface area contributed by atoms with Crippen molar-refractivity contribution in [1.29, 1.82) is 0 Å². The van der Waals surface area contributed by atoms with Crippen LogP contribution in [0.15, 0.2) is 104 Å². The maximum atomic E-state index is 14.6. The van der Waals surface area contributed by atoms with Crippen molar-refractivity contribution in [3.63, 3.8) is 0 Å². The van der Waals surface area contributed by atoms with Gasteiger partial charge in [-0.3, -0.25) is 28.0 Å². The number of pyridine rings is 2. The zero-order valence-electron chi connectivity index (χ0n) is 23.6. The van der Waals surface area contributed by atoms with E-state index in [1.807, 2.05) is 66.7 Å². The van der Waals surface area contributed by atoms with Crippen LogP contribution >= 0.6 is 0 Å². The van der Waals surface area contributed by atoms with Gasteiger partial charge in [-0.2, -0.15) is 0 Å². The summed E-state index contributed by atoms with van der Waals surface area (Å²) in [5, 5.41) is 7.98. The summed E-state index contributed by atoms with van der Waals surface area (Å²) in [6.07, 6.45) is 0. The van der Waals surface area contributed by atoms with Gasteiger partial charge in [-0.1, -0.05) is 24.3 Å². The molecule has 12 rings (SSSR count). The summed E-state index contributed by atoms with van der Waals surface area (Å²) >= 11 is 0. The Hall–Kier alpha value is -6.54. The number of nitrogens with zero attached hydrogens (tertiary/aromatic N) is 2. The first kappa shape index (κ1) is 22.9. The lowest BCUT2D eigenvalue weighted by atomic mass is 9.85. The molecule has 0 spiro atoms. The van der Waals surface area contributed by atoms with Crippen molar-refractivity contribution < 1.29 is 0 Å². The number of benzene rings is 6. The Morgan fingerprint density at radius 2 is 0.870 bits per heavy atom. The molecule has 10 aromatic rings. The number of fused-ring (bicyclic) bond motifs is 8. The third-order valence-corrected chi connectivity index (χ3v) is 10.4. The molecule has 0 atom stereocenters. The van der Waals surface area contributed by atoms with E-state index in [0.717, 1.165) is 27.5 Å². The van der Waals surface area contributed by atoms with E-state index < -0.39 is 0 Å². The Bertz CT molecular complexity index is 3660. The van der Waals surface area contributed by atoms with Crippen LogP contribution in [0.25, 0.3) is 98.0 Å². The average Bonchev–Trinajstić information content (AvgIpc) is 3.67. The molecular weight excluding hydrogens is 576 g/mol. The fourth-order valence-corrected chi connectivity index (χ4v) is 8.60. The summed E-state index contributed by atoms with van der Waals surface area (Å²) in [4.78, 5) is 64.3. The summed E-state index contributed by atoms with van der Waals surface area (Å²) in [6.45, 7) is 0. The summed E-state index contributed by atoms with van der Waals surface area (Å²) in [5.41, 5.74) is 3.44.